The smallest absolute Gasteiger partial charge is 0.373 e. The Hall–Kier alpha value is -2.68. The zero-order valence-electron chi connectivity index (χ0n) is 27.4. The molecule has 0 saturated carbocycles. The minimum absolute atomic E-state index is 0.0220. The first-order valence-corrected chi connectivity index (χ1v) is 21.9. The van der Waals surface area contributed by atoms with Crippen molar-refractivity contribution in [3.63, 3.8) is 0 Å². The Morgan fingerprint density at radius 1 is 0.767 bits per heavy atom. The second kappa shape index (κ2) is 14.9. The number of hydrogen-bond acceptors (Lipinski definition) is 4. The number of hydrogen-bond donors (Lipinski definition) is 0. The van der Waals surface area contributed by atoms with Gasteiger partial charge in [0.2, 0.25) is 12.0 Å². The van der Waals surface area contributed by atoms with Crippen molar-refractivity contribution < 1.29 is 19.0 Å². The molecular weight excluding hydrogens is 565 g/mol. The van der Waals surface area contributed by atoms with Gasteiger partial charge in [0.05, 0.1) is 29.9 Å². The summed E-state index contributed by atoms with van der Waals surface area (Å²) in [4.78, 5) is 13.1. The Labute approximate surface area is 261 Å². The molecule has 4 nitrogen and oxygen atoms in total. The normalized spacial score (nSPS) is 19.3. The molecule has 1 aliphatic rings. The number of methoxy groups -OCH3 is 1. The summed E-state index contributed by atoms with van der Waals surface area (Å²) in [6.07, 6.45) is 1.53. The van der Waals surface area contributed by atoms with E-state index >= 15 is 0 Å². The number of carbonyl (C=O) groups excluding carboxylic acids is 1. The van der Waals surface area contributed by atoms with Gasteiger partial charge in [-0.2, -0.15) is 0 Å². The second-order valence-corrected chi connectivity index (χ2v) is 23.9. The van der Waals surface area contributed by atoms with E-state index in [0.717, 1.165) is 5.56 Å². The van der Waals surface area contributed by atoms with E-state index in [1.54, 1.807) is 0 Å². The summed E-state index contributed by atoms with van der Waals surface area (Å²) in [6.45, 7) is 15.1. The molecule has 3 aromatic carbocycles. The molecule has 0 amide bonds. The van der Waals surface area contributed by atoms with Crippen LogP contribution in [0.5, 0.6) is 0 Å². The van der Waals surface area contributed by atoms with Gasteiger partial charge >= 0.3 is 5.97 Å². The lowest BCUT2D eigenvalue weighted by molar-refractivity contribution is -0.178. The van der Waals surface area contributed by atoms with Gasteiger partial charge in [-0.15, -0.1) is 0 Å². The van der Waals surface area contributed by atoms with Crippen LogP contribution in [0.2, 0.25) is 41.4 Å². The van der Waals surface area contributed by atoms with Crippen molar-refractivity contribution in [2.24, 2.45) is 5.92 Å². The molecule has 1 heterocycles. The fourth-order valence-corrected chi connectivity index (χ4v) is 25.1. The first kappa shape index (κ1) is 33.2. The SMILES string of the molecule is CC[Si](CC)(CC)C([C@H]1[C@@H](OCc2ccccc2)OC(C(=O)OC)=C[C@@H]1c1ccc2ccccc2c1)[Si](CC)(CC)CC. The minimum atomic E-state index is -1.81. The average Bonchev–Trinajstić information content (AvgIpc) is 3.07. The highest BCUT2D eigenvalue weighted by molar-refractivity contribution is 6.99. The number of carbonyl (C=O) groups is 1. The average molecular weight is 617 g/mol. The van der Waals surface area contributed by atoms with Crippen LogP contribution in [0.4, 0.5) is 0 Å². The van der Waals surface area contributed by atoms with Crippen LogP contribution in [-0.4, -0.2) is 35.5 Å². The number of esters is 1. The number of rotatable bonds is 14. The molecule has 3 atom stereocenters. The van der Waals surface area contributed by atoms with Crippen LogP contribution in [0.15, 0.2) is 84.6 Å². The van der Waals surface area contributed by atoms with Crippen LogP contribution >= 0.6 is 0 Å². The Bertz CT molecular complexity index is 1330. The van der Waals surface area contributed by atoms with Gasteiger partial charge in [-0.1, -0.05) is 151 Å². The fourth-order valence-electron chi connectivity index (χ4n) is 8.18. The molecule has 0 spiro atoms. The Morgan fingerprint density at radius 2 is 1.33 bits per heavy atom. The van der Waals surface area contributed by atoms with E-state index in [0.29, 0.717) is 11.8 Å². The zero-order chi connectivity index (χ0) is 31.0. The fraction of sp³-hybridized carbons (Fsp3) is 0.486. The van der Waals surface area contributed by atoms with E-state index in [1.165, 1.54) is 59.7 Å². The minimum Gasteiger partial charge on any atom is -0.463 e. The molecule has 4 rings (SSSR count). The van der Waals surface area contributed by atoms with E-state index in [2.05, 4.69) is 102 Å². The summed E-state index contributed by atoms with van der Waals surface area (Å²) >= 11 is 0. The van der Waals surface area contributed by atoms with Crippen LogP contribution in [-0.2, 0) is 25.6 Å². The summed E-state index contributed by atoms with van der Waals surface area (Å²) < 4.78 is 18.8. The molecule has 0 unspecified atom stereocenters. The van der Waals surface area contributed by atoms with E-state index in [1.807, 2.05) is 18.2 Å². The third-order valence-electron chi connectivity index (χ3n) is 11.0. The van der Waals surface area contributed by atoms with Gasteiger partial charge in [-0.05, 0) is 33.1 Å². The molecule has 1 aliphatic heterocycles. The van der Waals surface area contributed by atoms with Crippen molar-refractivity contribution in [3.8, 4) is 0 Å². The molecule has 0 fully saturated rings. The van der Waals surface area contributed by atoms with Gasteiger partial charge in [0.15, 0.2) is 0 Å². The van der Waals surface area contributed by atoms with Crippen molar-refractivity contribution in [3.05, 3.63) is 95.8 Å². The first-order chi connectivity index (χ1) is 20.8. The molecular formula is C37H52O4Si2. The lowest BCUT2D eigenvalue weighted by atomic mass is 9.83. The van der Waals surface area contributed by atoms with E-state index < -0.39 is 28.4 Å². The Morgan fingerprint density at radius 3 is 1.88 bits per heavy atom. The Kier molecular flexibility index (Phi) is 11.5. The van der Waals surface area contributed by atoms with Gasteiger partial charge in [-0.3, -0.25) is 0 Å². The molecule has 3 aromatic rings. The molecule has 0 aromatic heterocycles. The first-order valence-electron chi connectivity index (χ1n) is 16.5. The van der Waals surface area contributed by atoms with Crippen LogP contribution in [0.3, 0.4) is 0 Å². The van der Waals surface area contributed by atoms with Gasteiger partial charge < -0.3 is 14.2 Å². The molecule has 6 heteroatoms. The topological polar surface area (TPSA) is 44.8 Å². The number of ether oxygens (including phenoxy) is 3. The molecule has 0 bridgehead atoms. The van der Waals surface area contributed by atoms with Gasteiger partial charge in [-0.25, -0.2) is 4.79 Å². The maximum Gasteiger partial charge on any atom is 0.373 e. The molecule has 0 saturated heterocycles. The monoisotopic (exact) mass is 616 g/mol. The third-order valence-corrected chi connectivity index (χ3v) is 26.6. The van der Waals surface area contributed by atoms with Crippen LogP contribution in [0.1, 0.15) is 58.6 Å². The van der Waals surface area contributed by atoms with Crippen molar-refractivity contribution in [2.75, 3.05) is 7.11 Å². The van der Waals surface area contributed by atoms with Crippen molar-refractivity contribution in [1.29, 1.82) is 0 Å². The second-order valence-electron chi connectivity index (χ2n) is 12.3. The van der Waals surface area contributed by atoms with Gasteiger partial charge in [0.1, 0.15) is 0 Å². The van der Waals surface area contributed by atoms with E-state index in [9.17, 15) is 4.79 Å². The van der Waals surface area contributed by atoms with Gasteiger partial charge in [0.25, 0.3) is 0 Å². The van der Waals surface area contributed by atoms with Crippen LogP contribution < -0.4 is 0 Å². The predicted molar refractivity (Wildman–Crippen MR) is 185 cm³/mol. The summed E-state index contributed by atoms with van der Waals surface area (Å²) in [5.74, 6) is -0.0890. The van der Waals surface area contributed by atoms with Crippen molar-refractivity contribution >= 4 is 32.9 Å². The van der Waals surface area contributed by atoms with Crippen molar-refractivity contribution in [2.45, 2.75) is 102 Å². The molecule has 0 N–H and O–H groups in total. The summed E-state index contributed by atoms with van der Waals surface area (Å²) in [6, 6.07) is 33.2. The highest BCUT2D eigenvalue weighted by atomic mass is 28.4. The lowest BCUT2D eigenvalue weighted by Gasteiger charge is -2.55. The predicted octanol–water partition coefficient (Wildman–Crippen LogP) is 10.1. The Balaban J connectivity index is 1.99. The highest BCUT2D eigenvalue weighted by Gasteiger charge is 2.57. The summed E-state index contributed by atoms with van der Waals surface area (Å²) in [5, 5.41) is 3.00. The number of fused-ring (bicyclic) bond motifs is 1. The largest absolute Gasteiger partial charge is 0.463 e. The molecule has 0 aliphatic carbocycles. The molecule has 0 radical (unpaired) electrons. The van der Waals surface area contributed by atoms with E-state index in [-0.39, 0.29) is 17.6 Å². The van der Waals surface area contributed by atoms with Gasteiger partial charge in [0, 0.05) is 11.8 Å². The number of allylic oxidation sites excluding steroid dienone is 1. The maximum atomic E-state index is 13.1. The zero-order valence-corrected chi connectivity index (χ0v) is 29.4. The van der Waals surface area contributed by atoms with E-state index in [4.69, 9.17) is 14.2 Å². The quantitative estimate of drug-likeness (QED) is 0.134. The van der Waals surface area contributed by atoms with Crippen LogP contribution in [0.25, 0.3) is 10.8 Å². The van der Waals surface area contributed by atoms with Crippen molar-refractivity contribution in [1.82, 2.24) is 0 Å². The standard InChI is InChI=1S/C37H52O4Si2/c1-8-42(9-2,10-3)37(43(11-4,12-5)13-6)34-32(31-24-23-29-21-17-18-22-30(29)25-31)26-33(35(38)39-7)41-36(34)40-27-28-19-15-14-16-20-28/h14-26,32,34,36-37H,8-13,27H2,1-7H3/t32-,34-,36+/m1/s1. The third kappa shape index (κ3) is 6.71. The number of benzene rings is 3. The summed E-state index contributed by atoms with van der Waals surface area (Å²) in [5.41, 5.74) is 2.33. The van der Waals surface area contributed by atoms with Crippen LogP contribution in [0, 0.1) is 5.92 Å². The maximum absolute atomic E-state index is 13.1. The lowest BCUT2D eigenvalue weighted by Crippen LogP contribution is -2.59. The molecule has 43 heavy (non-hydrogen) atoms. The molecule has 232 valence electrons. The highest BCUT2D eigenvalue weighted by Crippen LogP contribution is 2.56. The summed E-state index contributed by atoms with van der Waals surface area (Å²) in [7, 11) is -2.20.